The summed E-state index contributed by atoms with van der Waals surface area (Å²) >= 11 is 0. The highest BCUT2D eigenvalue weighted by atomic mass is 16.5. The van der Waals surface area contributed by atoms with Gasteiger partial charge in [-0.25, -0.2) is 9.69 Å². The maximum Gasteiger partial charge on any atom is 0.338 e. The van der Waals surface area contributed by atoms with Crippen molar-refractivity contribution in [1.82, 2.24) is 0 Å². The summed E-state index contributed by atoms with van der Waals surface area (Å²) < 4.78 is 5.24. The number of ether oxygens (including phenoxy) is 1. The molecular weight excluding hydrogens is 414 g/mol. The summed E-state index contributed by atoms with van der Waals surface area (Å²) in [6.07, 6.45) is 0. The van der Waals surface area contributed by atoms with Crippen LogP contribution in [-0.2, 0) is 14.4 Å². The van der Waals surface area contributed by atoms with Gasteiger partial charge in [0, 0.05) is 17.4 Å². The second-order valence-corrected chi connectivity index (χ2v) is 8.94. The maximum atomic E-state index is 13.7. The molecule has 5 nitrogen and oxygen atoms in total. The third kappa shape index (κ3) is 2.68. The number of rotatable bonds is 3. The highest BCUT2D eigenvalue weighted by molar-refractivity contribution is 6.23. The lowest BCUT2D eigenvalue weighted by molar-refractivity contribution is -0.130. The summed E-state index contributed by atoms with van der Waals surface area (Å²) in [7, 11) is 0. The molecule has 7 rings (SSSR count). The number of imide groups is 1. The van der Waals surface area contributed by atoms with E-state index in [2.05, 4.69) is 30.8 Å². The van der Waals surface area contributed by atoms with Gasteiger partial charge in [-0.05, 0) is 53.4 Å². The molecule has 162 valence electrons. The van der Waals surface area contributed by atoms with Crippen molar-refractivity contribution in [3.63, 3.8) is 0 Å². The minimum absolute atomic E-state index is 0.135. The Labute approximate surface area is 191 Å². The standard InChI is InChI=1S/C28H21NO4/c1-15(2)28(32)33-17-13-11-16(12-14-17)29-26(30)24-22-18-7-3-4-8-19(18)23(25(24)27(29)31)21-10-6-5-9-20(21)22/h3-14,22-25H,1H2,2H3/t22?,23?,24-,25-/m0/s1. The van der Waals surface area contributed by atoms with E-state index in [0.29, 0.717) is 17.0 Å². The Morgan fingerprint density at radius 3 is 1.58 bits per heavy atom. The van der Waals surface area contributed by atoms with Gasteiger partial charge in [-0.1, -0.05) is 55.1 Å². The van der Waals surface area contributed by atoms with Gasteiger partial charge in [0.15, 0.2) is 0 Å². The number of hydrogen-bond acceptors (Lipinski definition) is 4. The van der Waals surface area contributed by atoms with E-state index in [1.165, 1.54) is 4.90 Å². The second-order valence-electron chi connectivity index (χ2n) is 8.94. The SMILES string of the molecule is C=C(C)C(=O)Oc1ccc(N2C(=O)[C@H]3C4c5ccccc5C(c5ccccc54)[C@@H]3C2=O)cc1. The van der Waals surface area contributed by atoms with Crippen LogP contribution in [0.25, 0.3) is 0 Å². The zero-order valence-electron chi connectivity index (χ0n) is 18.0. The Morgan fingerprint density at radius 1 is 0.758 bits per heavy atom. The summed E-state index contributed by atoms with van der Waals surface area (Å²) in [5.41, 5.74) is 5.37. The molecule has 1 saturated heterocycles. The average molecular weight is 435 g/mol. The predicted molar refractivity (Wildman–Crippen MR) is 123 cm³/mol. The topological polar surface area (TPSA) is 63.7 Å². The average Bonchev–Trinajstić information content (AvgIpc) is 3.10. The van der Waals surface area contributed by atoms with Gasteiger partial charge in [0.1, 0.15) is 5.75 Å². The van der Waals surface area contributed by atoms with Crippen LogP contribution in [0.15, 0.2) is 84.9 Å². The molecule has 4 aliphatic rings. The number of nitrogens with zero attached hydrogens (tertiary/aromatic N) is 1. The third-order valence-electron chi connectivity index (χ3n) is 7.10. The highest BCUT2D eigenvalue weighted by Gasteiger charge is 2.61. The van der Waals surface area contributed by atoms with Crippen molar-refractivity contribution >= 4 is 23.5 Å². The van der Waals surface area contributed by atoms with Crippen molar-refractivity contribution in [3.05, 3.63) is 107 Å². The highest BCUT2D eigenvalue weighted by Crippen LogP contribution is 2.61. The van der Waals surface area contributed by atoms with Crippen LogP contribution < -0.4 is 9.64 Å². The minimum atomic E-state index is -0.519. The van der Waals surface area contributed by atoms with E-state index < -0.39 is 17.8 Å². The Hall–Kier alpha value is -3.99. The smallest absolute Gasteiger partial charge is 0.338 e. The van der Waals surface area contributed by atoms with Gasteiger partial charge >= 0.3 is 5.97 Å². The number of hydrogen-bond donors (Lipinski definition) is 0. The van der Waals surface area contributed by atoms with E-state index in [-0.39, 0.29) is 23.7 Å². The number of benzene rings is 3. The second kappa shape index (κ2) is 7.01. The lowest BCUT2D eigenvalue weighted by atomic mass is 9.55. The van der Waals surface area contributed by atoms with Gasteiger partial charge in [0.25, 0.3) is 0 Å². The van der Waals surface area contributed by atoms with Crippen LogP contribution >= 0.6 is 0 Å². The van der Waals surface area contributed by atoms with E-state index in [1.54, 1.807) is 31.2 Å². The molecule has 0 unspecified atom stereocenters. The summed E-state index contributed by atoms with van der Waals surface area (Å²) in [6, 6.07) is 22.8. The van der Waals surface area contributed by atoms with Crippen molar-refractivity contribution in [2.75, 3.05) is 4.90 Å². The molecule has 2 bridgehead atoms. The normalized spacial score (nSPS) is 24.2. The molecule has 2 amide bonds. The zero-order valence-corrected chi connectivity index (χ0v) is 18.0. The first-order chi connectivity index (χ1) is 16.0. The monoisotopic (exact) mass is 435 g/mol. The summed E-state index contributed by atoms with van der Waals surface area (Å²) in [6.45, 7) is 5.15. The summed E-state index contributed by atoms with van der Waals surface area (Å²) in [4.78, 5) is 40.5. The molecule has 0 spiro atoms. The molecule has 0 N–H and O–H groups in total. The molecule has 5 heteroatoms. The first-order valence-electron chi connectivity index (χ1n) is 11.0. The molecule has 3 aliphatic carbocycles. The molecule has 0 radical (unpaired) electrons. The van der Waals surface area contributed by atoms with E-state index in [9.17, 15) is 14.4 Å². The number of carbonyl (C=O) groups excluding carboxylic acids is 3. The van der Waals surface area contributed by atoms with E-state index in [1.807, 2.05) is 24.3 Å². The summed E-state index contributed by atoms with van der Waals surface area (Å²) in [5.74, 6) is -1.64. The predicted octanol–water partition coefficient (Wildman–Crippen LogP) is 4.56. The Balaban J connectivity index is 1.40. The van der Waals surface area contributed by atoms with Gasteiger partial charge in [-0.15, -0.1) is 0 Å². The number of esters is 1. The van der Waals surface area contributed by atoms with E-state index in [0.717, 1.165) is 22.3 Å². The Bertz CT molecular complexity index is 1240. The fourth-order valence-electron chi connectivity index (χ4n) is 5.79. The van der Waals surface area contributed by atoms with Crippen molar-refractivity contribution in [2.24, 2.45) is 11.8 Å². The lowest BCUT2D eigenvalue weighted by Crippen LogP contribution is -2.41. The van der Waals surface area contributed by atoms with Gasteiger partial charge < -0.3 is 4.74 Å². The molecular formula is C28H21NO4. The van der Waals surface area contributed by atoms with Crippen LogP contribution in [0.2, 0.25) is 0 Å². The van der Waals surface area contributed by atoms with Crippen LogP contribution in [0.5, 0.6) is 5.75 Å². The number of amides is 2. The fourth-order valence-corrected chi connectivity index (χ4v) is 5.79. The maximum absolute atomic E-state index is 13.7. The van der Waals surface area contributed by atoms with Gasteiger partial charge in [-0.2, -0.15) is 0 Å². The molecule has 1 fully saturated rings. The molecule has 33 heavy (non-hydrogen) atoms. The summed E-state index contributed by atoms with van der Waals surface area (Å²) in [5, 5.41) is 0. The van der Waals surface area contributed by atoms with Crippen molar-refractivity contribution in [1.29, 1.82) is 0 Å². The van der Waals surface area contributed by atoms with E-state index in [4.69, 9.17) is 4.74 Å². The van der Waals surface area contributed by atoms with Crippen LogP contribution in [0.1, 0.15) is 41.0 Å². The quantitative estimate of drug-likeness (QED) is 0.262. The number of carbonyl (C=O) groups is 3. The zero-order chi connectivity index (χ0) is 22.9. The van der Waals surface area contributed by atoms with Crippen LogP contribution in [-0.4, -0.2) is 17.8 Å². The molecule has 3 aromatic carbocycles. The largest absolute Gasteiger partial charge is 0.423 e. The van der Waals surface area contributed by atoms with Crippen LogP contribution in [0, 0.1) is 11.8 Å². The van der Waals surface area contributed by atoms with E-state index >= 15 is 0 Å². The van der Waals surface area contributed by atoms with Crippen molar-refractivity contribution in [3.8, 4) is 5.75 Å². The first kappa shape index (κ1) is 19.7. The van der Waals surface area contributed by atoms with Crippen molar-refractivity contribution in [2.45, 2.75) is 18.8 Å². The molecule has 1 aliphatic heterocycles. The number of anilines is 1. The minimum Gasteiger partial charge on any atom is -0.423 e. The first-order valence-corrected chi connectivity index (χ1v) is 11.0. The Kier molecular flexibility index (Phi) is 4.18. The molecule has 0 saturated carbocycles. The molecule has 2 atom stereocenters. The van der Waals surface area contributed by atoms with Gasteiger partial charge in [0.05, 0.1) is 17.5 Å². The van der Waals surface area contributed by atoms with Gasteiger partial charge in [-0.3, -0.25) is 9.59 Å². The molecule has 3 aromatic rings. The van der Waals surface area contributed by atoms with Gasteiger partial charge in [0.2, 0.25) is 11.8 Å². The molecule has 1 heterocycles. The molecule has 0 aromatic heterocycles. The lowest BCUT2D eigenvalue weighted by Gasteiger charge is -2.45. The Morgan fingerprint density at radius 2 is 1.18 bits per heavy atom. The fraction of sp³-hybridized carbons (Fsp3) is 0.179. The van der Waals surface area contributed by atoms with Crippen LogP contribution in [0.3, 0.4) is 0 Å². The third-order valence-corrected chi connectivity index (χ3v) is 7.10. The van der Waals surface area contributed by atoms with Crippen LogP contribution in [0.4, 0.5) is 5.69 Å². The van der Waals surface area contributed by atoms with Crippen molar-refractivity contribution < 1.29 is 19.1 Å².